The van der Waals surface area contributed by atoms with Crippen LogP contribution < -0.4 is 5.73 Å². The lowest BCUT2D eigenvalue weighted by Crippen LogP contribution is -2.28. The number of thiophene rings is 1. The second-order valence-corrected chi connectivity index (χ2v) is 12.1. The molecule has 2 N–H and O–H groups in total. The van der Waals surface area contributed by atoms with Crippen LogP contribution in [0.15, 0.2) is 41.1 Å². The highest BCUT2D eigenvalue weighted by Crippen LogP contribution is 2.47. The highest BCUT2D eigenvalue weighted by molar-refractivity contribution is 7.94. The van der Waals surface area contributed by atoms with Crippen molar-refractivity contribution >= 4 is 49.6 Å². The zero-order valence-corrected chi connectivity index (χ0v) is 20.3. The van der Waals surface area contributed by atoms with Gasteiger partial charge < -0.3 is 14.9 Å². The maximum atomic E-state index is 13.3. The summed E-state index contributed by atoms with van der Waals surface area (Å²) in [7, 11) is 1.96. The SMILES string of the molecule is Cn1cnc2ncc(-c3cc(-c4ccnn4C4CC4)c4c(N)c([S@+]([O-])C5CCC5)sc4n3)cc21. The van der Waals surface area contributed by atoms with Crippen LogP contribution >= 0.6 is 11.3 Å². The molecule has 5 aromatic rings. The first-order chi connectivity index (χ1) is 16.6. The van der Waals surface area contributed by atoms with Crippen molar-refractivity contribution in [2.75, 3.05) is 5.73 Å². The summed E-state index contributed by atoms with van der Waals surface area (Å²) in [6, 6.07) is 6.61. The van der Waals surface area contributed by atoms with Crippen molar-refractivity contribution < 1.29 is 4.55 Å². The molecule has 34 heavy (non-hydrogen) atoms. The van der Waals surface area contributed by atoms with Gasteiger partial charge in [-0.2, -0.15) is 5.10 Å². The maximum Gasteiger partial charge on any atom is 0.232 e. The number of aryl methyl sites for hydroxylation is 1. The van der Waals surface area contributed by atoms with Gasteiger partial charge in [0.05, 0.1) is 29.3 Å². The number of aromatic nitrogens is 6. The molecular weight excluding hydrogens is 466 g/mol. The zero-order chi connectivity index (χ0) is 23.0. The van der Waals surface area contributed by atoms with E-state index < -0.39 is 11.2 Å². The zero-order valence-electron chi connectivity index (χ0n) is 18.6. The summed E-state index contributed by atoms with van der Waals surface area (Å²) in [6.07, 6.45) is 10.8. The molecule has 172 valence electrons. The minimum atomic E-state index is -1.10. The number of hydrogen-bond donors (Lipinski definition) is 1. The quantitative estimate of drug-likeness (QED) is 0.359. The molecule has 0 amide bonds. The van der Waals surface area contributed by atoms with E-state index in [-0.39, 0.29) is 5.25 Å². The van der Waals surface area contributed by atoms with Gasteiger partial charge in [0.25, 0.3) is 0 Å². The molecule has 0 radical (unpaired) electrons. The Morgan fingerprint density at radius 1 is 1.18 bits per heavy atom. The first kappa shape index (κ1) is 20.4. The molecule has 10 heteroatoms. The van der Waals surface area contributed by atoms with E-state index in [9.17, 15) is 4.55 Å². The summed E-state index contributed by atoms with van der Waals surface area (Å²) in [5.74, 6) is 0. The van der Waals surface area contributed by atoms with Crippen LogP contribution in [0.4, 0.5) is 5.69 Å². The average Bonchev–Trinajstić information content (AvgIpc) is 3.26. The molecule has 5 heterocycles. The second kappa shape index (κ2) is 7.53. The van der Waals surface area contributed by atoms with Gasteiger partial charge in [-0.05, 0) is 50.3 Å². The third kappa shape index (κ3) is 3.09. The fraction of sp³-hybridized carbons (Fsp3) is 0.333. The summed E-state index contributed by atoms with van der Waals surface area (Å²) in [5.41, 5.74) is 12.7. The molecule has 0 unspecified atom stereocenters. The lowest BCUT2D eigenvalue weighted by molar-refractivity contribution is 0.478. The van der Waals surface area contributed by atoms with E-state index in [0.717, 1.165) is 74.6 Å². The highest BCUT2D eigenvalue weighted by atomic mass is 32.2. The molecule has 8 nitrogen and oxygen atoms in total. The number of pyridine rings is 2. The molecule has 2 saturated carbocycles. The number of anilines is 1. The van der Waals surface area contributed by atoms with Crippen molar-refractivity contribution in [1.29, 1.82) is 0 Å². The molecule has 5 aromatic heterocycles. The Morgan fingerprint density at radius 3 is 2.79 bits per heavy atom. The van der Waals surface area contributed by atoms with Gasteiger partial charge >= 0.3 is 0 Å². The van der Waals surface area contributed by atoms with E-state index in [1.54, 1.807) is 6.33 Å². The minimum absolute atomic E-state index is 0.201. The molecule has 1 atom stereocenters. The molecule has 0 bridgehead atoms. The van der Waals surface area contributed by atoms with Crippen LogP contribution in [0, 0.1) is 0 Å². The van der Waals surface area contributed by atoms with E-state index in [1.165, 1.54) is 11.3 Å². The van der Waals surface area contributed by atoms with Crippen LogP contribution in [-0.4, -0.2) is 39.1 Å². The van der Waals surface area contributed by atoms with Gasteiger partial charge in [0.2, 0.25) is 4.21 Å². The van der Waals surface area contributed by atoms with E-state index in [2.05, 4.69) is 31.9 Å². The molecule has 7 rings (SSSR count). The third-order valence-electron chi connectivity index (χ3n) is 6.92. The summed E-state index contributed by atoms with van der Waals surface area (Å²) in [5, 5.41) is 5.69. The number of hydrogen-bond acceptors (Lipinski definition) is 7. The number of nitrogen functional groups attached to an aromatic ring is 1. The van der Waals surface area contributed by atoms with Crippen molar-refractivity contribution in [3.05, 3.63) is 36.9 Å². The molecule has 0 aromatic carbocycles. The van der Waals surface area contributed by atoms with Gasteiger partial charge in [-0.1, -0.05) is 11.3 Å². The van der Waals surface area contributed by atoms with Crippen LogP contribution in [0.2, 0.25) is 0 Å². The van der Waals surface area contributed by atoms with Gasteiger partial charge in [0.15, 0.2) is 5.65 Å². The van der Waals surface area contributed by atoms with Crippen molar-refractivity contribution in [2.24, 2.45) is 7.05 Å². The van der Waals surface area contributed by atoms with E-state index in [1.807, 2.05) is 30.1 Å². The van der Waals surface area contributed by atoms with Gasteiger partial charge in [-0.25, -0.2) is 15.0 Å². The van der Waals surface area contributed by atoms with Gasteiger partial charge in [0, 0.05) is 47.1 Å². The molecule has 2 fully saturated rings. The topological polar surface area (TPSA) is 110 Å². The van der Waals surface area contributed by atoms with Crippen molar-refractivity contribution in [3.63, 3.8) is 0 Å². The van der Waals surface area contributed by atoms with Gasteiger partial charge in [0.1, 0.15) is 15.8 Å². The van der Waals surface area contributed by atoms with Crippen LogP contribution in [-0.2, 0) is 18.2 Å². The Morgan fingerprint density at radius 2 is 2.03 bits per heavy atom. The molecular formula is C24H23N7OS2. The molecule has 2 aliphatic carbocycles. The lowest BCUT2D eigenvalue weighted by atomic mass is 10.00. The van der Waals surface area contributed by atoms with Gasteiger partial charge in [-0.3, -0.25) is 4.68 Å². The maximum absolute atomic E-state index is 13.3. The number of imidazole rings is 1. The summed E-state index contributed by atoms with van der Waals surface area (Å²) in [6.45, 7) is 0. The second-order valence-electron chi connectivity index (χ2n) is 9.20. The van der Waals surface area contributed by atoms with E-state index in [4.69, 9.17) is 10.7 Å². The monoisotopic (exact) mass is 489 g/mol. The van der Waals surface area contributed by atoms with Crippen LogP contribution in [0.3, 0.4) is 0 Å². The number of nitrogens with zero attached hydrogens (tertiary/aromatic N) is 6. The standard InChI is InChI=1S/C24H23N7OS2/c1-30-12-27-22-19(30)9-13(11-26-22)17-10-16(18-7-8-28-31(18)14-5-6-14)20-21(25)24(33-23(20)29-17)34(32)15-3-2-4-15/h7-12,14-15H,2-6,25H2,1H3/t34-/m1/s1. The third-order valence-corrected chi connectivity index (χ3v) is 10.2. The predicted molar refractivity (Wildman–Crippen MR) is 135 cm³/mol. The highest BCUT2D eigenvalue weighted by Gasteiger charge is 2.36. The van der Waals surface area contributed by atoms with Gasteiger partial charge in [-0.15, -0.1) is 0 Å². The van der Waals surface area contributed by atoms with Crippen LogP contribution in [0.1, 0.15) is 38.1 Å². The van der Waals surface area contributed by atoms with Crippen molar-refractivity contribution in [3.8, 4) is 22.5 Å². The largest absolute Gasteiger partial charge is 0.611 e. The fourth-order valence-corrected chi connectivity index (χ4v) is 7.83. The Labute approximate surface area is 203 Å². The molecule has 2 aliphatic rings. The van der Waals surface area contributed by atoms with Crippen molar-refractivity contribution in [1.82, 2.24) is 29.3 Å². The Hall–Kier alpha value is -2.95. The average molecular weight is 490 g/mol. The van der Waals surface area contributed by atoms with Crippen LogP contribution in [0.25, 0.3) is 43.9 Å². The minimum Gasteiger partial charge on any atom is -0.611 e. The van der Waals surface area contributed by atoms with E-state index >= 15 is 0 Å². The first-order valence-corrected chi connectivity index (χ1v) is 13.6. The number of fused-ring (bicyclic) bond motifs is 2. The van der Waals surface area contributed by atoms with Crippen molar-refractivity contribution in [2.45, 2.75) is 47.6 Å². The lowest BCUT2D eigenvalue weighted by Gasteiger charge is -2.27. The Balaban J connectivity index is 1.46. The number of rotatable bonds is 5. The summed E-state index contributed by atoms with van der Waals surface area (Å²) >= 11 is 0.362. The predicted octanol–water partition coefficient (Wildman–Crippen LogP) is 4.69. The first-order valence-electron chi connectivity index (χ1n) is 11.5. The van der Waals surface area contributed by atoms with Crippen LogP contribution in [0.5, 0.6) is 0 Å². The van der Waals surface area contributed by atoms with E-state index in [0.29, 0.717) is 17.4 Å². The summed E-state index contributed by atoms with van der Waals surface area (Å²) in [4.78, 5) is 14.7. The fourth-order valence-electron chi connectivity index (χ4n) is 4.62. The molecule has 0 aliphatic heterocycles. The Bertz CT molecular complexity index is 1560. The number of nitrogens with two attached hydrogens (primary N) is 1. The summed E-state index contributed by atoms with van der Waals surface area (Å²) < 4.78 is 18.1. The smallest absolute Gasteiger partial charge is 0.232 e. The molecule has 0 saturated heterocycles. The Kier molecular flexibility index (Phi) is 4.52. The normalized spacial score (nSPS) is 17.5. The molecule has 0 spiro atoms.